The number of hydrogen-bond donors (Lipinski definition) is 1. The second-order valence-corrected chi connectivity index (χ2v) is 5.97. The van der Waals surface area contributed by atoms with Crippen LogP contribution in [0.15, 0.2) is 0 Å². The Labute approximate surface area is 99.7 Å². The average molecular weight is 238 g/mol. The van der Waals surface area contributed by atoms with Crippen LogP contribution >= 0.6 is 0 Å². The second kappa shape index (κ2) is 11.0. The fourth-order valence-corrected chi connectivity index (χ4v) is 0.585. The van der Waals surface area contributed by atoms with Crippen LogP contribution in [0.1, 0.15) is 54.4 Å². The number of aldehydes is 1. The first-order valence-electron chi connectivity index (χ1n) is 5.17. The summed E-state index contributed by atoms with van der Waals surface area (Å²) in [5.41, 5.74) is 0.483. The van der Waals surface area contributed by atoms with Gasteiger partial charge in [0.1, 0.15) is 6.29 Å². The van der Waals surface area contributed by atoms with Crippen molar-refractivity contribution in [2.24, 2.45) is 10.8 Å². The zero-order valence-corrected chi connectivity index (χ0v) is 11.6. The lowest BCUT2D eigenvalue weighted by Gasteiger charge is -2.14. The minimum atomic E-state index is 0. The molecule has 0 spiro atoms. The molecule has 0 saturated carbocycles. The Balaban J connectivity index is -0.0000000800. The number of carbonyl (C=O) groups is 1. The van der Waals surface area contributed by atoms with Gasteiger partial charge in [-0.05, 0) is 17.3 Å². The van der Waals surface area contributed by atoms with Gasteiger partial charge in [0, 0.05) is 13.0 Å². The van der Waals surface area contributed by atoms with Gasteiger partial charge in [-0.1, -0.05) is 41.5 Å². The van der Waals surface area contributed by atoms with Crippen molar-refractivity contribution in [3.8, 4) is 0 Å². The highest BCUT2D eigenvalue weighted by Gasteiger charge is 2.07. The van der Waals surface area contributed by atoms with Gasteiger partial charge in [0.15, 0.2) is 0 Å². The molecule has 0 aliphatic carbocycles. The van der Waals surface area contributed by atoms with Crippen LogP contribution in [0.4, 0.5) is 0 Å². The van der Waals surface area contributed by atoms with E-state index in [9.17, 15) is 4.79 Å². The fraction of sp³-hybridized carbons (Fsp3) is 0.917. The largest absolute Gasteiger partial charge is 0.412 e. The third-order valence-electron chi connectivity index (χ3n) is 1.56. The maximum Gasteiger partial charge on any atom is 0.120 e. The molecule has 5 N–H and O–H groups in total. The van der Waals surface area contributed by atoms with Crippen LogP contribution in [0.3, 0.4) is 0 Å². The normalized spacial score (nSPS) is 10.2. The zero-order chi connectivity index (χ0) is 11.8. The van der Waals surface area contributed by atoms with E-state index in [2.05, 4.69) is 20.8 Å². The molecular weight excluding hydrogens is 208 g/mol. The Morgan fingerprint density at radius 1 is 0.938 bits per heavy atom. The summed E-state index contributed by atoms with van der Waals surface area (Å²) in [7, 11) is 0. The molecule has 0 aliphatic rings. The van der Waals surface area contributed by atoms with Crippen LogP contribution in [0.5, 0.6) is 0 Å². The molecule has 0 amide bonds. The topological polar surface area (TPSA) is 100 Å². The van der Waals surface area contributed by atoms with Gasteiger partial charge in [-0.2, -0.15) is 0 Å². The van der Waals surface area contributed by atoms with Crippen molar-refractivity contribution >= 4 is 6.29 Å². The summed E-state index contributed by atoms with van der Waals surface area (Å²) < 4.78 is 0. The quantitative estimate of drug-likeness (QED) is 0.735. The van der Waals surface area contributed by atoms with Crippen LogP contribution in [0.2, 0.25) is 0 Å². The summed E-state index contributed by atoms with van der Waals surface area (Å²) in [6.45, 7) is 12.8. The van der Waals surface area contributed by atoms with E-state index in [1.54, 1.807) is 0 Å². The van der Waals surface area contributed by atoms with Gasteiger partial charge in [-0.15, -0.1) is 0 Å². The molecule has 0 aliphatic heterocycles. The Kier molecular flexibility index (Phi) is 17.0. The van der Waals surface area contributed by atoms with E-state index in [1.165, 1.54) is 0 Å². The third kappa shape index (κ3) is 37.4. The summed E-state index contributed by atoms with van der Waals surface area (Å²) in [6, 6.07) is 0. The number of aliphatic hydroxyl groups excluding tert-OH is 1. The molecule has 0 unspecified atom stereocenters. The van der Waals surface area contributed by atoms with Crippen LogP contribution in [0, 0.1) is 10.8 Å². The molecule has 0 radical (unpaired) electrons. The Morgan fingerprint density at radius 2 is 1.31 bits per heavy atom. The predicted octanol–water partition coefficient (Wildman–Crippen LogP) is 1.39. The molecule has 4 heteroatoms. The van der Waals surface area contributed by atoms with Crippen molar-refractivity contribution in [2.45, 2.75) is 54.4 Å². The van der Waals surface area contributed by atoms with E-state index in [1.807, 2.05) is 20.8 Å². The van der Waals surface area contributed by atoms with E-state index in [-0.39, 0.29) is 16.4 Å². The molecule has 0 aromatic rings. The van der Waals surface area contributed by atoms with Gasteiger partial charge in [0.2, 0.25) is 0 Å². The highest BCUT2D eigenvalue weighted by Crippen LogP contribution is 2.16. The van der Waals surface area contributed by atoms with Gasteiger partial charge >= 0.3 is 0 Å². The molecule has 0 atom stereocenters. The van der Waals surface area contributed by atoms with Crippen LogP contribution in [-0.4, -0.2) is 29.0 Å². The van der Waals surface area contributed by atoms with Gasteiger partial charge < -0.3 is 20.9 Å². The summed E-state index contributed by atoms with van der Waals surface area (Å²) in [6.07, 6.45) is 2.51. The molecule has 4 nitrogen and oxygen atoms in total. The highest BCUT2D eigenvalue weighted by molar-refractivity contribution is 5.50. The molecule has 0 aromatic heterocycles. The van der Waals surface area contributed by atoms with Crippen molar-refractivity contribution in [3.63, 3.8) is 0 Å². The van der Waals surface area contributed by atoms with Crippen molar-refractivity contribution in [1.82, 2.24) is 0 Å². The van der Waals surface area contributed by atoms with Crippen molar-refractivity contribution in [2.75, 3.05) is 6.61 Å². The highest BCUT2D eigenvalue weighted by atomic mass is 16.3. The van der Waals surface area contributed by atoms with E-state index >= 15 is 0 Å². The Bertz CT molecular complexity index is 142. The zero-order valence-electron chi connectivity index (χ0n) is 11.6. The van der Waals surface area contributed by atoms with Crippen molar-refractivity contribution in [3.05, 3.63) is 0 Å². The van der Waals surface area contributed by atoms with Crippen LogP contribution in [-0.2, 0) is 4.79 Å². The first-order chi connectivity index (χ1) is 6.12. The van der Waals surface area contributed by atoms with E-state index in [0.29, 0.717) is 18.4 Å². The summed E-state index contributed by atoms with van der Waals surface area (Å²) >= 11 is 0. The molecule has 0 bridgehead atoms. The molecule has 0 rings (SSSR count). The lowest BCUT2D eigenvalue weighted by atomic mass is 9.93. The van der Waals surface area contributed by atoms with E-state index in [0.717, 1.165) is 12.7 Å². The van der Waals surface area contributed by atoms with Crippen molar-refractivity contribution < 1.29 is 20.9 Å². The number of rotatable bonds is 2. The standard InChI is InChI=1S/C6H14O.C6H12O.2H2O/c2*1-6(2,3)4-5-7;;/h7H,4-5H2,1-3H3;5H,4H2,1-3H3;2*1H2. The molecule has 16 heavy (non-hydrogen) atoms. The summed E-state index contributed by atoms with van der Waals surface area (Å²) in [4.78, 5) is 9.82. The SMILES string of the molecule is CC(C)(C)CC=O.CC(C)(C)CCO.O.O. The third-order valence-corrected chi connectivity index (χ3v) is 1.56. The lowest BCUT2D eigenvalue weighted by Crippen LogP contribution is -2.06. The van der Waals surface area contributed by atoms with Gasteiger partial charge in [0.25, 0.3) is 0 Å². The number of carbonyl (C=O) groups excluding carboxylic acids is 1. The summed E-state index contributed by atoms with van der Waals surface area (Å²) in [5.74, 6) is 0. The Morgan fingerprint density at radius 3 is 1.31 bits per heavy atom. The fourth-order valence-electron chi connectivity index (χ4n) is 0.585. The molecule has 0 fully saturated rings. The van der Waals surface area contributed by atoms with E-state index in [4.69, 9.17) is 5.11 Å². The van der Waals surface area contributed by atoms with Crippen LogP contribution < -0.4 is 0 Å². The first kappa shape index (κ1) is 24.7. The lowest BCUT2D eigenvalue weighted by molar-refractivity contribution is -0.109. The minimum absolute atomic E-state index is 0. The Hall–Kier alpha value is -0.450. The predicted molar refractivity (Wildman–Crippen MR) is 68.5 cm³/mol. The minimum Gasteiger partial charge on any atom is -0.412 e. The number of hydrogen-bond acceptors (Lipinski definition) is 2. The molecule has 0 saturated heterocycles. The molecule has 0 heterocycles. The smallest absolute Gasteiger partial charge is 0.120 e. The van der Waals surface area contributed by atoms with E-state index < -0.39 is 0 Å². The summed E-state index contributed by atoms with van der Waals surface area (Å²) in [5, 5.41) is 8.40. The first-order valence-corrected chi connectivity index (χ1v) is 5.17. The van der Waals surface area contributed by atoms with Crippen molar-refractivity contribution in [1.29, 1.82) is 0 Å². The molecular formula is C12H30O4. The number of aliphatic hydroxyl groups is 1. The van der Waals surface area contributed by atoms with Gasteiger partial charge in [-0.25, -0.2) is 0 Å². The maximum absolute atomic E-state index is 9.82. The maximum atomic E-state index is 9.82. The van der Waals surface area contributed by atoms with Gasteiger partial charge in [0.05, 0.1) is 0 Å². The second-order valence-electron chi connectivity index (χ2n) is 5.97. The molecule has 0 aromatic carbocycles. The monoisotopic (exact) mass is 238 g/mol. The van der Waals surface area contributed by atoms with Crippen LogP contribution in [0.25, 0.3) is 0 Å². The molecule has 102 valence electrons. The average Bonchev–Trinajstić information content (AvgIpc) is 1.81. The van der Waals surface area contributed by atoms with Gasteiger partial charge in [-0.3, -0.25) is 0 Å².